The largest absolute Gasteiger partial charge is 0.465 e. The summed E-state index contributed by atoms with van der Waals surface area (Å²) in [5.41, 5.74) is 2.08. The van der Waals surface area contributed by atoms with Crippen LogP contribution >= 0.6 is 0 Å². The Morgan fingerprint density at radius 2 is 1.67 bits per heavy atom. The Labute approximate surface area is 276 Å². The number of fused-ring (bicyclic) bond motifs is 2. The molecular weight excluding hydrogens is 636 g/mol. The van der Waals surface area contributed by atoms with Gasteiger partial charge in [0, 0.05) is 31.0 Å². The van der Waals surface area contributed by atoms with E-state index in [1.807, 2.05) is 18.2 Å². The molecule has 12 nitrogen and oxygen atoms in total. The van der Waals surface area contributed by atoms with Crippen molar-refractivity contribution >= 4 is 28.7 Å². The van der Waals surface area contributed by atoms with Gasteiger partial charge >= 0.3 is 11.8 Å². The molecule has 0 spiro atoms. The summed E-state index contributed by atoms with van der Waals surface area (Å²) in [6.07, 6.45) is 4.26. The van der Waals surface area contributed by atoms with Gasteiger partial charge in [0.1, 0.15) is 23.0 Å². The van der Waals surface area contributed by atoms with Crippen LogP contribution in [0, 0.1) is 11.6 Å². The fraction of sp³-hybridized carbons (Fsp3) is 0.200. The van der Waals surface area contributed by atoms with Crippen LogP contribution in [0.25, 0.3) is 33.5 Å². The van der Waals surface area contributed by atoms with Gasteiger partial charge in [-0.2, -0.15) is 0 Å². The number of carboxylic acid groups (broad SMARTS) is 1. The third-order valence-corrected chi connectivity index (χ3v) is 8.77. The number of carbonyl (C=O) groups excluding carboxylic acids is 1. The molecule has 0 unspecified atom stereocenters. The van der Waals surface area contributed by atoms with Crippen LogP contribution in [0.2, 0.25) is 0 Å². The zero-order valence-electron chi connectivity index (χ0n) is 25.8. The minimum atomic E-state index is -1.12. The molecule has 1 aliphatic rings. The first-order valence-electron chi connectivity index (χ1n) is 15.6. The smallest absolute Gasteiger partial charge is 0.404 e. The van der Waals surface area contributed by atoms with Crippen molar-refractivity contribution in [1.82, 2.24) is 34.1 Å². The summed E-state index contributed by atoms with van der Waals surface area (Å²) in [7, 11) is 0. The van der Waals surface area contributed by atoms with Crippen LogP contribution in [-0.4, -0.2) is 46.7 Å². The Kier molecular flexibility index (Phi) is 8.20. The van der Waals surface area contributed by atoms with E-state index < -0.39 is 40.9 Å². The van der Waals surface area contributed by atoms with Crippen LogP contribution in [0.15, 0.2) is 94.9 Å². The highest BCUT2D eigenvalue weighted by molar-refractivity contribution is 5.93. The van der Waals surface area contributed by atoms with Crippen LogP contribution in [0.1, 0.15) is 47.8 Å². The molecular formula is C35H29F2N7O5. The standard InChI is InChI=1S/C35H29F2N7O5/c36-23-8-13-30-41-29(19-42(30)18-23)32(45)40-25-9-11-26(12-10-25)44-33(46)28-15-24(37)17-38-31(28)43(35(44)49)27-3-1-2-22(14-27)21-6-4-20(5-7-21)16-39-34(47)48/h1-8,13-15,17-19,25-26,39H,9-12,16H2,(H,40,45)(H,47,48)/t25-,26+. The molecule has 6 aromatic rings. The van der Waals surface area contributed by atoms with Gasteiger partial charge in [0.05, 0.1) is 17.3 Å². The van der Waals surface area contributed by atoms with Crippen LogP contribution in [0.3, 0.4) is 0 Å². The molecule has 2 amide bonds. The molecule has 0 atom stereocenters. The number of benzene rings is 2. The lowest BCUT2D eigenvalue weighted by Gasteiger charge is -2.30. The number of aromatic nitrogens is 5. The van der Waals surface area contributed by atoms with E-state index in [1.54, 1.807) is 30.3 Å². The summed E-state index contributed by atoms with van der Waals surface area (Å²) >= 11 is 0. The van der Waals surface area contributed by atoms with E-state index in [2.05, 4.69) is 20.6 Å². The van der Waals surface area contributed by atoms with E-state index in [-0.39, 0.29) is 29.3 Å². The zero-order valence-corrected chi connectivity index (χ0v) is 25.8. The maximum Gasteiger partial charge on any atom is 0.404 e. The van der Waals surface area contributed by atoms with E-state index in [0.29, 0.717) is 37.0 Å². The second-order valence-corrected chi connectivity index (χ2v) is 11.9. The Bertz CT molecular complexity index is 2360. The number of amides is 2. The summed E-state index contributed by atoms with van der Waals surface area (Å²) in [6.45, 7) is 0.152. The third-order valence-electron chi connectivity index (χ3n) is 8.77. The molecule has 7 rings (SSSR count). The van der Waals surface area contributed by atoms with Crippen molar-refractivity contribution in [3.63, 3.8) is 0 Å². The molecule has 49 heavy (non-hydrogen) atoms. The van der Waals surface area contributed by atoms with Crippen molar-refractivity contribution in [1.29, 1.82) is 0 Å². The molecule has 1 fully saturated rings. The quantitative estimate of drug-likeness (QED) is 0.221. The summed E-state index contributed by atoms with van der Waals surface area (Å²) in [6, 6.07) is 17.4. The first-order chi connectivity index (χ1) is 23.6. The van der Waals surface area contributed by atoms with E-state index in [4.69, 9.17) is 5.11 Å². The van der Waals surface area contributed by atoms with Crippen molar-refractivity contribution in [3.8, 4) is 16.8 Å². The molecule has 0 radical (unpaired) electrons. The van der Waals surface area contributed by atoms with Crippen molar-refractivity contribution in [2.24, 2.45) is 0 Å². The second-order valence-electron chi connectivity index (χ2n) is 11.9. The average Bonchev–Trinajstić information content (AvgIpc) is 3.52. The van der Waals surface area contributed by atoms with Gasteiger partial charge in [0.2, 0.25) is 0 Å². The number of rotatable bonds is 7. The number of nitrogens with one attached hydrogen (secondary N) is 2. The monoisotopic (exact) mass is 665 g/mol. The zero-order chi connectivity index (χ0) is 34.2. The SMILES string of the molecule is O=C(O)NCc1ccc(-c2cccc(-n3c(=O)n([C@H]4CC[C@@H](NC(=O)c5cn6cc(F)ccc6n5)CC4)c(=O)c4cc(F)cnc43)c2)cc1. The van der Waals surface area contributed by atoms with Gasteiger partial charge in [-0.25, -0.2) is 32.9 Å². The maximum atomic E-state index is 14.4. The molecule has 2 aromatic carbocycles. The van der Waals surface area contributed by atoms with E-state index >= 15 is 0 Å². The molecule has 4 aromatic heterocycles. The molecule has 1 saturated carbocycles. The maximum absolute atomic E-state index is 14.4. The van der Waals surface area contributed by atoms with Crippen molar-refractivity contribution in [2.45, 2.75) is 44.3 Å². The number of halogens is 2. The number of nitrogens with zero attached hydrogens (tertiary/aromatic N) is 5. The molecule has 1 aliphatic carbocycles. The number of hydrogen-bond donors (Lipinski definition) is 3. The molecule has 0 aliphatic heterocycles. The van der Waals surface area contributed by atoms with E-state index in [0.717, 1.165) is 33.5 Å². The van der Waals surface area contributed by atoms with Crippen LogP contribution in [0.4, 0.5) is 13.6 Å². The fourth-order valence-corrected chi connectivity index (χ4v) is 6.37. The molecule has 0 bridgehead atoms. The lowest BCUT2D eigenvalue weighted by molar-refractivity contribution is 0.0917. The topological polar surface area (TPSA) is 153 Å². The van der Waals surface area contributed by atoms with Gasteiger partial charge in [-0.05, 0) is 72.7 Å². The number of pyridine rings is 2. The van der Waals surface area contributed by atoms with Crippen LogP contribution in [-0.2, 0) is 6.54 Å². The predicted octanol–water partition coefficient (Wildman–Crippen LogP) is 4.82. The van der Waals surface area contributed by atoms with Gasteiger partial charge in [0.25, 0.3) is 11.5 Å². The van der Waals surface area contributed by atoms with Crippen molar-refractivity contribution < 1.29 is 23.5 Å². The Hall–Kier alpha value is -6.18. The van der Waals surface area contributed by atoms with E-state index in [1.165, 1.54) is 33.5 Å². The average molecular weight is 666 g/mol. The number of carbonyl (C=O) groups is 2. The third kappa shape index (κ3) is 6.27. The molecule has 4 heterocycles. The Morgan fingerprint density at radius 1 is 0.898 bits per heavy atom. The van der Waals surface area contributed by atoms with Crippen LogP contribution in [0.5, 0.6) is 0 Å². The summed E-state index contributed by atoms with van der Waals surface area (Å²) < 4.78 is 31.9. The molecule has 14 heteroatoms. The predicted molar refractivity (Wildman–Crippen MR) is 176 cm³/mol. The second kappa shape index (κ2) is 12.8. The van der Waals surface area contributed by atoms with Gasteiger partial charge in [-0.3, -0.25) is 14.2 Å². The highest BCUT2D eigenvalue weighted by Gasteiger charge is 2.28. The van der Waals surface area contributed by atoms with Gasteiger partial charge in [-0.1, -0.05) is 36.4 Å². The summed E-state index contributed by atoms with van der Waals surface area (Å²) in [4.78, 5) is 60.1. The Balaban J connectivity index is 1.16. The van der Waals surface area contributed by atoms with Gasteiger partial charge in [0.15, 0.2) is 5.65 Å². The highest BCUT2D eigenvalue weighted by atomic mass is 19.1. The normalized spacial score (nSPS) is 16.1. The minimum absolute atomic E-state index is 0.0215. The lowest BCUT2D eigenvalue weighted by Crippen LogP contribution is -2.45. The number of hydrogen-bond acceptors (Lipinski definition) is 6. The molecule has 0 saturated heterocycles. The molecule has 248 valence electrons. The number of imidazole rings is 1. The summed E-state index contributed by atoms with van der Waals surface area (Å²) in [5, 5.41) is 14.1. The summed E-state index contributed by atoms with van der Waals surface area (Å²) in [5.74, 6) is -1.58. The van der Waals surface area contributed by atoms with E-state index in [9.17, 15) is 28.0 Å². The molecule has 3 N–H and O–H groups in total. The fourth-order valence-electron chi connectivity index (χ4n) is 6.37. The van der Waals surface area contributed by atoms with Crippen molar-refractivity contribution in [3.05, 3.63) is 129 Å². The lowest BCUT2D eigenvalue weighted by atomic mass is 9.90. The van der Waals surface area contributed by atoms with Gasteiger partial charge < -0.3 is 20.1 Å². The highest BCUT2D eigenvalue weighted by Crippen LogP contribution is 2.28. The minimum Gasteiger partial charge on any atom is -0.465 e. The van der Waals surface area contributed by atoms with Crippen LogP contribution < -0.4 is 21.9 Å². The first kappa shape index (κ1) is 31.4. The first-order valence-corrected chi connectivity index (χ1v) is 15.6. The van der Waals surface area contributed by atoms with Crippen molar-refractivity contribution in [2.75, 3.05) is 0 Å². The van der Waals surface area contributed by atoms with Gasteiger partial charge in [-0.15, -0.1) is 0 Å². The Morgan fingerprint density at radius 3 is 2.43 bits per heavy atom.